The van der Waals surface area contributed by atoms with E-state index in [0.29, 0.717) is 5.41 Å². The molecule has 0 bridgehead atoms. The predicted octanol–water partition coefficient (Wildman–Crippen LogP) is 3.29. The summed E-state index contributed by atoms with van der Waals surface area (Å²) < 4.78 is 0. The molecule has 2 rings (SSSR count). The summed E-state index contributed by atoms with van der Waals surface area (Å²) in [4.78, 5) is 13.6. The van der Waals surface area contributed by atoms with Crippen molar-refractivity contribution in [1.82, 2.24) is 4.90 Å². The molecule has 1 saturated heterocycles. The van der Waals surface area contributed by atoms with Crippen LogP contribution in [-0.2, 0) is 4.79 Å². The van der Waals surface area contributed by atoms with Gasteiger partial charge >= 0.3 is 5.97 Å². The van der Waals surface area contributed by atoms with Crippen LogP contribution in [0, 0.1) is 5.41 Å². The molecule has 1 spiro atoms. The second-order valence-electron chi connectivity index (χ2n) is 6.24. The summed E-state index contributed by atoms with van der Waals surface area (Å²) in [5.74, 6) is -0.620. The minimum Gasteiger partial charge on any atom is -0.480 e. The molecule has 3 nitrogen and oxygen atoms in total. The Hall–Kier alpha value is -0.570. The van der Waals surface area contributed by atoms with Crippen molar-refractivity contribution in [3.63, 3.8) is 0 Å². The Labute approximate surface area is 111 Å². The third-order valence-corrected chi connectivity index (χ3v) is 5.08. The fraction of sp³-hybridized carbons (Fsp3) is 0.933. The molecule has 0 amide bonds. The first kappa shape index (κ1) is 13.9. The number of likely N-dealkylation sites (tertiary alicyclic amines) is 1. The van der Waals surface area contributed by atoms with Crippen LogP contribution < -0.4 is 0 Å². The Balaban J connectivity index is 1.88. The smallest absolute Gasteiger partial charge is 0.320 e. The van der Waals surface area contributed by atoms with Crippen LogP contribution >= 0.6 is 0 Å². The number of carboxylic acids is 1. The SMILES string of the molecule is CCCCC(C(=O)O)N1CCC2(CCCC2)CC1. The van der Waals surface area contributed by atoms with Crippen LogP contribution in [0.5, 0.6) is 0 Å². The average Bonchev–Trinajstić information content (AvgIpc) is 2.80. The van der Waals surface area contributed by atoms with Crippen LogP contribution in [0.25, 0.3) is 0 Å². The number of hydrogen-bond donors (Lipinski definition) is 1. The third-order valence-electron chi connectivity index (χ3n) is 5.08. The van der Waals surface area contributed by atoms with Gasteiger partial charge in [0.25, 0.3) is 0 Å². The maximum Gasteiger partial charge on any atom is 0.320 e. The van der Waals surface area contributed by atoms with Gasteiger partial charge in [0.05, 0.1) is 0 Å². The summed E-state index contributed by atoms with van der Waals surface area (Å²) in [6.45, 7) is 4.13. The van der Waals surface area contributed by atoms with Crippen molar-refractivity contribution in [2.45, 2.75) is 70.8 Å². The summed E-state index contributed by atoms with van der Waals surface area (Å²) in [5, 5.41) is 9.37. The first-order valence-corrected chi connectivity index (χ1v) is 7.64. The van der Waals surface area contributed by atoms with Gasteiger partial charge in [-0.25, -0.2) is 0 Å². The quantitative estimate of drug-likeness (QED) is 0.817. The van der Waals surface area contributed by atoms with Crippen molar-refractivity contribution < 1.29 is 9.90 Å². The van der Waals surface area contributed by atoms with Crippen LogP contribution in [0.4, 0.5) is 0 Å². The lowest BCUT2D eigenvalue weighted by Crippen LogP contribution is -2.47. The number of piperidine rings is 1. The fourth-order valence-corrected chi connectivity index (χ4v) is 3.79. The Morgan fingerprint density at radius 3 is 2.33 bits per heavy atom. The van der Waals surface area contributed by atoms with Gasteiger partial charge in [0.15, 0.2) is 0 Å². The maximum absolute atomic E-state index is 11.4. The van der Waals surface area contributed by atoms with E-state index in [1.165, 1.54) is 38.5 Å². The highest BCUT2D eigenvalue weighted by molar-refractivity contribution is 5.73. The first-order chi connectivity index (χ1) is 8.67. The molecule has 0 aromatic carbocycles. The molecule has 1 heterocycles. The zero-order valence-corrected chi connectivity index (χ0v) is 11.7. The van der Waals surface area contributed by atoms with E-state index in [9.17, 15) is 9.90 Å². The highest BCUT2D eigenvalue weighted by Gasteiger charge is 2.39. The molecule has 0 aromatic heterocycles. The molecule has 1 atom stereocenters. The molecule has 104 valence electrons. The van der Waals surface area contributed by atoms with Crippen molar-refractivity contribution in [3.05, 3.63) is 0 Å². The van der Waals surface area contributed by atoms with E-state index in [1.807, 2.05) is 0 Å². The molecule has 2 aliphatic rings. The lowest BCUT2D eigenvalue weighted by Gasteiger charge is -2.41. The number of nitrogens with zero attached hydrogens (tertiary/aromatic N) is 1. The van der Waals surface area contributed by atoms with Gasteiger partial charge in [-0.2, -0.15) is 0 Å². The van der Waals surface area contributed by atoms with Crippen LogP contribution in [0.15, 0.2) is 0 Å². The second kappa shape index (κ2) is 6.05. The van der Waals surface area contributed by atoms with E-state index >= 15 is 0 Å². The van der Waals surface area contributed by atoms with E-state index < -0.39 is 5.97 Å². The lowest BCUT2D eigenvalue weighted by molar-refractivity contribution is -0.144. The summed E-state index contributed by atoms with van der Waals surface area (Å²) in [6.07, 6.45) is 10.9. The van der Waals surface area contributed by atoms with Gasteiger partial charge in [0.2, 0.25) is 0 Å². The summed E-state index contributed by atoms with van der Waals surface area (Å²) in [7, 11) is 0. The molecule has 18 heavy (non-hydrogen) atoms. The zero-order chi connectivity index (χ0) is 13.0. The molecule has 1 saturated carbocycles. The highest BCUT2D eigenvalue weighted by Crippen LogP contribution is 2.46. The number of carboxylic acid groups (broad SMARTS) is 1. The molecule has 3 heteroatoms. The predicted molar refractivity (Wildman–Crippen MR) is 72.7 cm³/mol. The Kier molecular flexibility index (Phi) is 4.66. The molecule has 0 radical (unpaired) electrons. The third kappa shape index (κ3) is 3.05. The van der Waals surface area contributed by atoms with Gasteiger partial charge in [-0.15, -0.1) is 0 Å². The maximum atomic E-state index is 11.4. The molecule has 2 fully saturated rings. The van der Waals surface area contributed by atoms with E-state index in [4.69, 9.17) is 0 Å². The van der Waals surface area contributed by atoms with Crippen molar-refractivity contribution in [1.29, 1.82) is 0 Å². The van der Waals surface area contributed by atoms with E-state index in [2.05, 4.69) is 11.8 Å². The number of hydrogen-bond acceptors (Lipinski definition) is 2. The number of aliphatic carboxylic acids is 1. The van der Waals surface area contributed by atoms with Gasteiger partial charge < -0.3 is 5.11 Å². The minimum absolute atomic E-state index is 0.233. The average molecular weight is 253 g/mol. The van der Waals surface area contributed by atoms with Crippen LogP contribution in [0.1, 0.15) is 64.7 Å². The largest absolute Gasteiger partial charge is 0.480 e. The summed E-state index contributed by atoms with van der Waals surface area (Å²) >= 11 is 0. The van der Waals surface area contributed by atoms with Gasteiger partial charge in [0.1, 0.15) is 6.04 Å². The van der Waals surface area contributed by atoms with E-state index in [1.54, 1.807) is 0 Å². The van der Waals surface area contributed by atoms with Crippen LogP contribution in [-0.4, -0.2) is 35.1 Å². The van der Waals surface area contributed by atoms with E-state index in [-0.39, 0.29) is 6.04 Å². The molecule has 1 N–H and O–H groups in total. The Bertz CT molecular complexity index is 274. The first-order valence-electron chi connectivity index (χ1n) is 7.64. The van der Waals surface area contributed by atoms with Gasteiger partial charge in [0, 0.05) is 0 Å². The minimum atomic E-state index is -0.620. The molecule has 1 aliphatic carbocycles. The summed E-state index contributed by atoms with van der Waals surface area (Å²) in [5.41, 5.74) is 0.588. The lowest BCUT2D eigenvalue weighted by atomic mass is 9.76. The van der Waals surface area contributed by atoms with Crippen LogP contribution in [0.2, 0.25) is 0 Å². The number of carbonyl (C=O) groups is 1. The monoisotopic (exact) mass is 253 g/mol. The standard InChI is InChI=1S/C15H27NO2/c1-2-3-6-13(14(17)18)16-11-9-15(10-12-16)7-4-5-8-15/h13H,2-12H2,1H3,(H,17,18). The van der Waals surface area contributed by atoms with Crippen LogP contribution in [0.3, 0.4) is 0 Å². The van der Waals surface area contributed by atoms with Crippen molar-refractivity contribution in [2.24, 2.45) is 5.41 Å². The molecule has 0 aromatic rings. The van der Waals surface area contributed by atoms with E-state index in [0.717, 1.165) is 32.4 Å². The van der Waals surface area contributed by atoms with Gasteiger partial charge in [-0.3, -0.25) is 9.69 Å². The normalized spacial score (nSPS) is 25.4. The highest BCUT2D eigenvalue weighted by atomic mass is 16.4. The number of unbranched alkanes of at least 4 members (excludes halogenated alkanes) is 1. The number of rotatable bonds is 5. The molecular formula is C15H27NO2. The van der Waals surface area contributed by atoms with Crippen molar-refractivity contribution in [3.8, 4) is 0 Å². The van der Waals surface area contributed by atoms with Crippen molar-refractivity contribution in [2.75, 3.05) is 13.1 Å². The second-order valence-corrected chi connectivity index (χ2v) is 6.24. The van der Waals surface area contributed by atoms with Gasteiger partial charge in [-0.05, 0) is 50.6 Å². The summed E-state index contributed by atoms with van der Waals surface area (Å²) in [6, 6.07) is -0.233. The molecular weight excluding hydrogens is 226 g/mol. The Morgan fingerprint density at radius 1 is 1.22 bits per heavy atom. The fourth-order valence-electron chi connectivity index (χ4n) is 3.79. The Morgan fingerprint density at radius 2 is 1.83 bits per heavy atom. The van der Waals surface area contributed by atoms with Gasteiger partial charge in [-0.1, -0.05) is 32.6 Å². The molecule has 1 aliphatic heterocycles. The topological polar surface area (TPSA) is 40.5 Å². The molecule has 1 unspecified atom stereocenters. The zero-order valence-electron chi connectivity index (χ0n) is 11.7. The van der Waals surface area contributed by atoms with Crippen molar-refractivity contribution >= 4 is 5.97 Å².